The molecule has 0 atom stereocenters. The van der Waals surface area contributed by atoms with Crippen LogP contribution in [0.5, 0.6) is 11.8 Å². The minimum Gasteiger partial charge on any atom is -0.409 e. The molecule has 0 aliphatic rings. The van der Waals surface area contributed by atoms with Gasteiger partial charge in [-0.25, -0.2) is 0 Å². The van der Waals surface area contributed by atoms with Crippen molar-refractivity contribution in [3.05, 3.63) is 47.5 Å². The standard InChI is InChI=1S/C13H9ClN2O2/c14-9-7-8(15)5-6-11(9)17-13-16-10-3-1-2-4-12(10)18-13/h1-7H,15H2. The molecule has 0 saturated carbocycles. The summed E-state index contributed by atoms with van der Waals surface area (Å²) in [7, 11) is 0. The number of fused-ring (bicyclic) bond motifs is 1. The van der Waals surface area contributed by atoms with Crippen molar-refractivity contribution in [2.24, 2.45) is 0 Å². The number of ether oxygens (including phenoxy) is 1. The van der Waals surface area contributed by atoms with Crippen LogP contribution in [0.3, 0.4) is 0 Å². The fourth-order valence-electron chi connectivity index (χ4n) is 1.59. The van der Waals surface area contributed by atoms with Crippen molar-refractivity contribution in [1.82, 2.24) is 4.98 Å². The molecule has 0 amide bonds. The lowest BCUT2D eigenvalue weighted by Gasteiger charge is -2.03. The van der Waals surface area contributed by atoms with Crippen LogP contribution in [0.4, 0.5) is 5.69 Å². The van der Waals surface area contributed by atoms with E-state index in [9.17, 15) is 0 Å². The fourth-order valence-corrected chi connectivity index (χ4v) is 1.82. The predicted molar refractivity (Wildman–Crippen MR) is 69.9 cm³/mol. The van der Waals surface area contributed by atoms with Gasteiger partial charge in [-0.1, -0.05) is 23.7 Å². The molecule has 1 heterocycles. The fraction of sp³-hybridized carbons (Fsp3) is 0. The number of rotatable bonds is 2. The molecule has 0 unspecified atom stereocenters. The molecule has 0 spiro atoms. The van der Waals surface area contributed by atoms with Gasteiger partial charge < -0.3 is 14.9 Å². The monoisotopic (exact) mass is 260 g/mol. The van der Waals surface area contributed by atoms with Gasteiger partial charge in [0.05, 0.1) is 5.02 Å². The van der Waals surface area contributed by atoms with Crippen LogP contribution in [-0.2, 0) is 0 Å². The zero-order valence-corrected chi connectivity index (χ0v) is 10.0. The van der Waals surface area contributed by atoms with Crippen molar-refractivity contribution in [3.8, 4) is 11.8 Å². The first-order valence-corrected chi connectivity index (χ1v) is 5.68. The third-order valence-corrected chi connectivity index (χ3v) is 2.72. The van der Waals surface area contributed by atoms with E-state index in [0.29, 0.717) is 22.0 Å². The minimum absolute atomic E-state index is 0.155. The summed E-state index contributed by atoms with van der Waals surface area (Å²) in [6.07, 6.45) is 0.155. The summed E-state index contributed by atoms with van der Waals surface area (Å²) in [5.41, 5.74) is 7.58. The molecule has 0 radical (unpaired) electrons. The van der Waals surface area contributed by atoms with Crippen LogP contribution >= 0.6 is 11.6 Å². The lowest BCUT2D eigenvalue weighted by atomic mass is 10.3. The average Bonchev–Trinajstić information content (AvgIpc) is 2.75. The highest BCUT2D eigenvalue weighted by Gasteiger charge is 2.09. The smallest absolute Gasteiger partial charge is 0.400 e. The molecule has 3 rings (SSSR count). The number of benzene rings is 2. The van der Waals surface area contributed by atoms with Gasteiger partial charge in [-0.3, -0.25) is 0 Å². The largest absolute Gasteiger partial charge is 0.409 e. The van der Waals surface area contributed by atoms with Crippen LogP contribution in [0.2, 0.25) is 5.02 Å². The number of nitrogens with two attached hydrogens (primary N) is 1. The lowest BCUT2D eigenvalue weighted by molar-refractivity contribution is 0.343. The van der Waals surface area contributed by atoms with E-state index in [1.54, 1.807) is 18.2 Å². The highest BCUT2D eigenvalue weighted by Crippen LogP contribution is 2.31. The van der Waals surface area contributed by atoms with E-state index >= 15 is 0 Å². The molecule has 5 heteroatoms. The summed E-state index contributed by atoms with van der Waals surface area (Å²) in [5, 5.41) is 0.414. The molecule has 18 heavy (non-hydrogen) atoms. The molecule has 90 valence electrons. The summed E-state index contributed by atoms with van der Waals surface area (Å²) in [5.74, 6) is 0.456. The van der Waals surface area contributed by atoms with Crippen molar-refractivity contribution in [2.45, 2.75) is 0 Å². The van der Waals surface area contributed by atoms with Gasteiger partial charge in [-0.05, 0) is 30.3 Å². The maximum Gasteiger partial charge on any atom is 0.400 e. The zero-order valence-electron chi connectivity index (χ0n) is 9.26. The normalized spacial score (nSPS) is 10.7. The topological polar surface area (TPSA) is 61.3 Å². The molecule has 0 bridgehead atoms. The Labute approximate surface area is 108 Å². The Hall–Kier alpha value is -2.20. The van der Waals surface area contributed by atoms with Gasteiger partial charge in [0.2, 0.25) is 0 Å². The first-order valence-electron chi connectivity index (χ1n) is 5.31. The average molecular weight is 261 g/mol. The van der Waals surface area contributed by atoms with Crippen molar-refractivity contribution in [1.29, 1.82) is 0 Å². The Morgan fingerprint density at radius 1 is 1.17 bits per heavy atom. The second kappa shape index (κ2) is 4.23. The molecule has 0 fully saturated rings. The summed E-state index contributed by atoms with van der Waals surface area (Å²) in [4.78, 5) is 4.19. The summed E-state index contributed by atoms with van der Waals surface area (Å²) in [6.45, 7) is 0. The van der Waals surface area contributed by atoms with E-state index in [1.807, 2.05) is 24.3 Å². The quantitative estimate of drug-likeness (QED) is 0.711. The van der Waals surface area contributed by atoms with E-state index in [4.69, 9.17) is 26.5 Å². The van der Waals surface area contributed by atoms with Crippen LogP contribution in [0.1, 0.15) is 0 Å². The Bertz CT molecular complexity index is 676. The zero-order chi connectivity index (χ0) is 12.5. The predicted octanol–water partition coefficient (Wildman–Crippen LogP) is 3.86. The Balaban J connectivity index is 1.96. The minimum atomic E-state index is 0.155. The molecular weight excluding hydrogens is 252 g/mol. The molecule has 0 saturated heterocycles. The van der Waals surface area contributed by atoms with Gasteiger partial charge in [0.1, 0.15) is 5.52 Å². The molecule has 2 N–H and O–H groups in total. The number of hydrogen-bond acceptors (Lipinski definition) is 4. The number of nitrogens with zero attached hydrogens (tertiary/aromatic N) is 1. The van der Waals surface area contributed by atoms with Gasteiger partial charge in [-0.2, -0.15) is 4.98 Å². The van der Waals surface area contributed by atoms with Crippen LogP contribution in [0.25, 0.3) is 11.1 Å². The molecule has 3 aromatic rings. The van der Waals surface area contributed by atoms with Gasteiger partial charge in [0.25, 0.3) is 0 Å². The molecular formula is C13H9ClN2O2. The van der Waals surface area contributed by atoms with Crippen molar-refractivity contribution in [3.63, 3.8) is 0 Å². The highest BCUT2D eigenvalue weighted by molar-refractivity contribution is 6.32. The lowest BCUT2D eigenvalue weighted by Crippen LogP contribution is -1.88. The third kappa shape index (κ3) is 1.98. The van der Waals surface area contributed by atoms with E-state index in [-0.39, 0.29) is 6.08 Å². The number of hydrogen-bond donors (Lipinski definition) is 1. The Morgan fingerprint density at radius 2 is 2.00 bits per heavy atom. The van der Waals surface area contributed by atoms with Gasteiger partial charge in [-0.15, -0.1) is 0 Å². The molecule has 0 aliphatic heterocycles. The number of aromatic nitrogens is 1. The Kier molecular flexibility index (Phi) is 2.57. The maximum atomic E-state index is 6.00. The van der Waals surface area contributed by atoms with Crippen molar-refractivity contribution >= 4 is 28.4 Å². The van der Waals surface area contributed by atoms with E-state index in [1.165, 1.54) is 0 Å². The highest BCUT2D eigenvalue weighted by atomic mass is 35.5. The van der Waals surface area contributed by atoms with Crippen LogP contribution in [0.15, 0.2) is 46.9 Å². The van der Waals surface area contributed by atoms with E-state index in [0.717, 1.165) is 5.52 Å². The maximum absolute atomic E-state index is 6.00. The van der Waals surface area contributed by atoms with Crippen molar-refractivity contribution < 1.29 is 9.15 Å². The van der Waals surface area contributed by atoms with E-state index in [2.05, 4.69) is 4.98 Å². The molecule has 0 aliphatic carbocycles. The second-order valence-corrected chi connectivity index (χ2v) is 4.15. The van der Waals surface area contributed by atoms with Gasteiger partial charge in [0, 0.05) is 5.69 Å². The second-order valence-electron chi connectivity index (χ2n) is 3.74. The first kappa shape index (κ1) is 10.9. The van der Waals surface area contributed by atoms with Crippen LogP contribution in [-0.4, -0.2) is 4.98 Å². The number of anilines is 1. The Morgan fingerprint density at radius 3 is 2.78 bits per heavy atom. The third-order valence-electron chi connectivity index (χ3n) is 2.43. The van der Waals surface area contributed by atoms with Gasteiger partial charge in [0.15, 0.2) is 11.3 Å². The number of para-hydroxylation sites is 2. The number of nitrogen functional groups attached to an aromatic ring is 1. The summed E-state index contributed by atoms with van der Waals surface area (Å²) in [6, 6.07) is 12.4. The van der Waals surface area contributed by atoms with Crippen LogP contribution in [0, 0.1) is 0 Å². The summed E-state index contributed by atoms with van der Waals surface area (Å²) < 4.78 is 10.9. The van der Waals surface area contributed by atoms with Crippen LogP contribution < -0.4 is 10.5 Å². The van der Waals surface area contributed by atoms with Crippen molar-refractivity contribution in [2.75, 3.05) is 5.73 Å². The van der Waals surface area contributed by atoms with Gasteiger partial charge >= 0.3 is 6.08 Å². The molecule has 1 aromatic heterocycles. The number of oxazole rings is 1. The molecule has 4 nitrogen and oxygen atoms in total. The van der Waals surface area contributed by atoms with E-state index < -0.39 is 0 Å². The molecule has 2 aromatic carbocycles. The summed E-state index contributed by atoms with van der Waals surface area (Å²) >= 11 is 6.00. The number of halogens is 1. The first-order chi connectivity index (χ1) is 8.72. The SMILES string of the molecule is Nc1ccc(Oc2nc3ccccc3o2)c(Cl)c1.